The average molecular weight is 395 g/mol. The Hall–Kier alpha value is -2.74. The van der Waals surface area contributed by atoms with Gasteiger partial charge in [0.25, 0.3) is 0 Å². The van der Waals surface area contributed by atoms with Crippen molar-refractivity contribution in [1.29, 1.82) is 0 Å². The fourth-order valence-electron chi connectivity index (χ4n) is 3.50. The zero-order valence-electron chi connectivity index (χ0n) is 15.3. The van der Waals surface area contributed by atoms with E-state index in [0.717, 1.165) is 11.8 Å². The first-order chi connectivity index (χ1) is 13.4. The van der Waals surface area contributed by atoms with Crippen LogP contribution in [0.25, 0.3) is 10.8 Å². The van der Waals surface area contributed by atoms with Crippen LogP contribution in [0.3, 0.4) is 0 Å². The van der Waals surface area contributed by atoms with E-state index in [1.165, 1.54) is 22.9 Å². The highest BCUT2D eigenvalue weighted by Crippen LogP contribution is 2.29. The molecule has 1 aliphatic heterocycles. The number of fused-ring (bicyclic) bond motifs is 1. The summed E-state index contributed by atoms with van der Waals surface area (Å²) >= 11 is 0. The van der Waals surface area contributed by atoms with Crippen LogP contribution in [0.4, 0.5) is 5.69 Å². The molecule has 0 aromatic heterocycles. The predicted molar refractivity (Wildman–Crippen MR) is 110 cm³/mol. The molecule has 2 atom stereocenters. The van der Waals surface area contributed by atoms with Gasteiger partial charge in [-0.3, -0.25) is 4.79 Å². The molecule has 4 rings (SSSR count). The summed E-state index contributed by atoms with van der Waals surface area (Å²) in [6.45, 7) is 0. The number of carbonyl (C=O) groups is 1. The van der Waals surface area contributed by atoms with Crippen molar-refractivity contribution in [2.24, 2.45) is 0 Å². The lowest BCUT2D eigenvalue weighted by atomic mass is 9.96. The minimum atomic E-state index is -3.25. The molecule has 3 aromatic rings. The van der Waals surface area contributed by atoms with E-state index < -0.39 is 15.9 Å². The molecule has 2 unspecified atom stereocenters. The molecule has 0 radical (unpaired) electrons. The van der Waals surface area contributed by atoms with Crippen LogP contribution in [0.1, 0.15) is 18.0 Å². The van der Waals surface area contributed by atoms with Gasteiger partial charge in [0.15, 0.2) is 9.84 Å². The standard InChI is InChI=1S/C21H21N3O3S/c1-28(26,27)16-11-9-15(10-12-16)22-21(25)20-13-19(23-24-20)18-8-4-6-14-5-2-3-7-17(14)18/h2-12,19-20,23-24H,13H2,1H3,(H,22,25). The number of hydrogen-bond donors (Lipinski definition) is 3. The Labute approximate surface area is 163 Å². The van der Waals surface area contributed by atoms with Crippen LogP contribution in [0.5, 0.6) is 0 Å². The molecule has 1 fully saturated rings. The molecular formula is C21H21N3O3S. The van der Waals surface area contributed by atoms with Crippen LogP contribution < -0.4 is 16.2 Å². The maximum Gasteiger partial charge on any atom is 0.242 e. The van der Waals surface area contributed by atoms with Gasteiger partial charge < -0.3 is 5.32 Å². The predicted octanol–water partition coefficient (Wildman–Crippen LogP) is 2.79. The lowest BCUT2D eigenvalue weighted by Gasteiger charge is -2.13. The Morgan fingerprint density at radius 2 is 1.68 bits per heavy atom. The fourth-order valence-corrected chi connectivity index (χ4v) is 4.13. The maximum atomic E-state index is 12.6. The van der Waals surface area contributed by atoms with E-state index in [2.05, 4.69) is 40.4 Å². The van der Waals surface area contributed by atoms with Crippen molar-refractivity contribution in [3.63, 3.8) is 0 Å². The molecule has 1 amide bonds. The first kappa shape index (κ1) is 18.6. The van der Waals surface area contributed by atoms with E-state index in [9.17, 15) is 13.2 Å². The number of nitrogens with one attached hydrogen (secondary N) is 3. The third kappa shape index (κ3) is 3.77. The van der Waals surface area contributed by atoms with Gasteiger partial charge in [0.05, 0.1) is 4.90 Å². The third-order valence-corrected chi connectivity index (χ3v) is 6.10. The van der Waals surface area contributed by atoms with E-state index in [4.69, 9.17) is 0 Å². The van der Waals surface area contributed by atoms with Crippen LogP contribution in [-0.4, -0.2) is 26.6 Å². The maximum absolute atomic E-state index is 12.6. The summed E-state index contributed by atoms with van der Waals surface area (Å²) in [6, 6.07) is 20.2. The van der Waals surface area contributed by atoms with Crippen molar-refractivity contribution < 1.29 is 13.2 Å². The second kappa shape index (κ2) is 7.35. The Morgan fingerprint density at radius 3 is 2.43 bits per heavy atom. The Morgan fingerprint density at radius 1 is 0.964 bits per heavy atom. The van der Waals surface area contributed by atoms with Gasteiger partial charge >= 0.3 is 0 Å². The first-order valence-electron chi connectivity index (χ1n) is 9.01. The van der Waals surface area contributed by atoms with E-state index in [1.807, 2.05) is 18.2 Å². The molecule has 28 heavy (non-hydrogen) atoms. The molecule has 0 spiro atoms. The average Bonchev–Trinajstić information content (AvgIpc) is 3.17. The second-order valence-electron chi connectivity index (χ2n) is 6.98. The van der Waals surface area contributed by atoms with Gasteiger partial charge in [0.2, 0.25) is 5.91 Å². The molecule has 0 aliphatic carbocycles. The van der Waals surface area contributed by atoms with E-state index in [0.29, 0.717) is 12.1 Å². The first-order valence-corrected chi connectivity index (χ1v) is 10.9. The molecule has 7 heteroatoms. The van der Waals surface area contributed by atoms with E-state index in [1.54, 1.807) is 12.1 Å². The minimum absolute atomic E-state index is 0.0226. The number of anilines is 1. The largest absolute Gasteiger partial charge is 0.325 e. The summed E-state index contributed by atoms with van der Waals surface area (Å²) in [7, 11) is -3.25. The van der Waals surface area contributed by atoms with Crippen molar-refractivity contribution in [2.45, 2.75) is 23.4 Å². The van der Waals surface area contributed by atoms with Crippen LogP contribution in [-0.2, 0) is 14.6 Å². The summed E-state index contributed by atoms with van der Waals surface area (Å²) in [5, 5.41) is 5.17. The SMILES string of the molecule is CS(=O)(=O)c1ccc(NC(=O)C2CC(c3cccc4ccccc34)NN2)cc1. The van der Waals surface area contributed by atoms with Crippen LogP contribution >= 0.6 is 0 Å². The summed E-state index contributed by atoms with van der Waals surface area (Å²) < 4.78 is 23.1. The van der Waals surface area contributed by atoms with Gasteiger partial charge in [0.1, 0.15) is 6.04 Å². The van der Waals surface area contributed by atoms with Gasteiger partial charge in [-0.25, -0.2) is 19.3 Å². The molecular weight excluding hydrogens is 374 g/mol. The number of hydrazine groups is 1. The monoisotopic (exact) mass is 395 g/mol. The fraction of sp³-hybridized carbons (Fsp3) is 0.190. The molecule has 3 aromatic carbocycles. The molecule has 3 N–H and O–H groups in total. The molecule has 144 valence electrons. The number of sulfone groups is 1. The molecule has 0 saturated carbocycles. The zero-order chi connectivity index (χ0) is 19.7. The van der Waals surface area contributed by atoms with Gasteiger partial charge in [-0.2, -0.15) is 0 Å². The Kier molecular flexibility index (Phi) is 4.89. The van der Waals surface area contributed by atoms with Crippen molar-refractivity contribution in [1.82, 2.24) is 10.9 Å². The van der Waals surface area contributed by atoms with E-state index >= 15 is 0 Å². The van der Waals surface area contributed by atoms with Crippen LogP contribution in [0.2, 0.25) is 0 Å². The van der Waals surface area contributed by atoms with Crippen molar-refractivity contribution >= 4 is 32.2 Å². The highest BCUT2D eigenvalue weighted by molar-refractivity contribution is 7.90. The molecule has 1 aliphatic rings. The normalized spacial score (nSPS) is 19.6. The quantitative estimate of drug-likeness (QED) is 0.632. The van der Waals surface area contributed by atoms with Crippen molar-refractivity contribution in [3.8, 4) is 0 Å². The van der Waals surface area contributed by atoms with Crippen molar-refractivity contribution in [2.75, 3.05) is 11.6 Å². The van der Waals surface area contributed by atoms with Crippen molar-refractivity contribution in [3.05, 3.63) is 72.3 Å². The second-order valence-corrected chi connectivity index (χ2v) is 9.00. The third-order valence-electron chi connectivity index (χ3n) is 4.97. The number of benzene rings is 3. The lowest BCUT2D eigenvalue weighted by Crippen LogP contribution is -2.39. The smallest absolute Gasteiger partial charge is 0.242 e. The lowest BCUT2D eigenvalue weighted by molar-refractivity contribution is -0.117. The topological polar surface area (TPSA) is 87.3 Å². The van der Waals surface area contributed by atoms with E-state index in [-0.39, 0.29) is 16.8 Å². The summed E-state index contributed by atoms with van der Waals surface area (Å²) in [5.74, 6) is -0.164. The summed E-state index contributed by atoms with van der Waals surface area (Å²) in [5.41, 5.74) is 8.00. The zero-order valence-corrected chi connectivity index (χ0v) is 16.2. The highest BCUT2D eigenvalue weighted by atomic mass is 32.2. The number of carbonyl (C=O) groups excluding carboxylic acids is 1. The molecule has 1 saturated heterocycles. The van der Waals surface area contributed by atoms with Gasteiger partial charge in [-0.15, -0.1) is 0 Å². The highest BCUT2D eigenvalue weighted by Gasteiger charge is 2.30. The van der Waals surface area contributed by atoms with Gasteiger partial charge in [0, 0.05) is 18.0 Å². The number of amides is 1. The van der Waals surface area contributed by atoms with Gasteiger partial charge in [-0.1, -0.05) is 42.5 Å². The van der Waals surface area contributed by atoms with Gasteiger partial charge in [-0.05, 0) is 47.0 Å². The Balaban J connectivity index is 1.46. The summed E-state index contributed by atoms with van der Waals surface area (Å²) in [4.78, 5) is 12.8. The molecule has 0 bridgehead atoms. The van der Waals surface area contributed by atoms with Crippen LogP contribution in [0, 0.1) is 0 Å². The summed E-state index contributed by atoms with van der Waals surface area (Å²) in [6.07, 6.45) is 1.77. The molecule has 6 nitrogen and oxygen atoms in total. The number of rotatable bonds is 4. The number of hydrogen-bond acceptors (Lipinski definition) is 5. The Bertz CT molecular complexity index is 1120. The molecule has 1 heterocycles. The minimum Gasteiger partial charge on any atom is -0.325 e. The van der Waals surface area contributed by atoms with Crippen LogP contribution in [0.15, 0.2) is 71.6 Å².